The van der Waals surface area contributed by atoms with E-state index in [1.165, 1.54) is 25.7 Å². The monoisotopic (exact) mass is 334 g/mol. The van der Waals surface area contributed by atoms with Gasteiger partial charge in [0.05, 0.1) is 0 Å². The maximum absolute atomic E-state index is 6.17. The number of fused-ring (bicyclic) bond motifs is 3. The molecule has 2 fully saturated rings. The summed E-state index contributed by atoms with van der Waals surface area (Å²) < 4.78 is 3.09. The predicted molar refractivity (Wildman–Crippen MR) is 83.3 cm³/mol. The van der Waals surface area contributed by atoms with Crippen LogP contribution in [0.3, 0.4) is 0 Å². The molecule has 2 aromatic heterocycles. The first-order chi connectivity index (χ1) is 9.63. The zero-order valence-corrected chi connectivity index (χ0v) is 13.2. The van der Waals surface area contributed by atoms with Crippen LogP contribution in [0.1, 0.15) is 38.6 Å². The zero-order chi connectivity index (χ0) is 13.9. The molecule has 2 saturated carbocycles. The van der Waals surface area contributed by atoms with Gasteiger partial charge in [0.25, 0.3) is 0 Å². The van der Waals surface area contributed by atoms with E-state index in [9.17, 15) is 0 Å². The lowest BCUT2D eigenvalue weighted by atomic mass is 9.84. The van der Waals surface area contributed by atoms with E-state index >= 15 is 0 Å². The van der Waals surface area contributed by atoms with Gasteiger partial charge in [-0.25, -0.2) is 9.97 Å². The third-order valence-electron chi connectivity index (χ3n) is 5.34. The summed E-state index contributed by atoms with van der Waals surface area (Å²) in [6.07, 6.45) is 7.42. The molecular formula is C15H19BrN4. The number of pyridine rings is 1. The van der Waals surface area contributed by atoms with Crippen LogP contribution in [0.5, 0.6) is 0 Å². The molecule has 2 aliphatic carbocycles. The van der Waals surface area contributed by atoms with Gasteiger partial charge in [0, 0.05) is 16.7 Å². The Labute approximate surface area is 126 Å². The highest BCUT2D eigenvalue weighted by molar-refractivity contribution is 9.10. The molecule has 0 saturated heterocycles. The van der Waals surface area contributed by atoms with Crippen LogP contribution in [-0.4, -0.2) is 14.5 Å². The molecule has 0 radical (unpaired) electrons. The van der Waals surface area contributed by atoms with E-state index in [4.69, 9.17) is 5.73 Å². The average Bonchev–Trinajstić information content (AvgIpc) is 3.10. The van der Waals surface area contributed by atoms with Gasteiger partial charge >= 0.3 is 0 Å². The normalized spacial score (nSPS) is 30.2. The molecule has 0 spiro atoms. The molecule has 106 valence electrons. The Morgan fingerprint density at radius 3 is 2.95 bits per heavy atom. The van der Waals surface area contributed by atoms with Crippen LogP contribution in [0.4, 0.5) is 5.95 Å². The van der Waals surface area contributed by atoms with E-state index in [2.05, 4.69) is 37.4 Å². The Morgan fingerprint density at radius 2 is 2.25 bits per heavy atom. The van der Waals surface area contributed by atoms with Gasteiger partial charge in [-0.15, -0.1) is 0 Å². The second-order valence-corrected chi connectivity index (χ2v) is 7.33. The van der Waals surface area contributed by atoms with Crippen molar-refractivity contribution in [3.05, 3.63) is 16.7 Å². The van der Waals surface area contributed by atoms with E-state index in [1.54, 1.807) is 0 Å². The van der Waals surface area contributed by atoms with Crippen molar-refractivity contribution in [2.24, 2.45) is 17.8 Å². The summed E-state index contributed by atoms with van der Waals surface area (Å²) in [6, 6.07) is 2.38. The smallest absolute Gasteiger partial charge is 0.202 e. The third-order valence-corrected chi connectivity index (χ3v) is 5.78. The van der Waals surface area contributed by atoms with Gasteiger partial charge in [-0.3, -0.25) is 4.57 Å². The van der Waals surface area contributed by atoms with E-state index in [-0.39, 0.29) is 0 Å². The van der Waals surface area contributed by atoms with Crippen molar-refractivity contribution < 1.29 is 0 Å². The second-order valence-electron chi connectivity index (χ2n) is 6.42. The Bertz CT molecular complexity index is 665. The molecule has 4 rings (SSSR count). The minimum atomic E-state index is 0.393. The largest absolute Gasteiger partial charge is 0.369 e. The van der Waals surface area contributed by atoms with Crippen molar-refractivity contribution in [3.63, 3.8) is 0 Å². The Morgan fingerprint density at radius 1 is 1.40 bits per heavy atom. The molecule has 2 heterocycles. The van der Waals surface area contributed by atoms with Crippen LogP contribution in [0, 0.1) is 17.8 Å². The number of hydrogen-bond donors (Lipinski definition) is 1. The SMILES string of the molecule is CC(C1CC2CCC1C2)n1c(N)nc2cc(Br)cnc21. The summed E-state index contributed by atoms with van der Waals surface area (Å²) in [5.41, 5.74) is 7.97. The fourth-order valence-corrected chi connectivity index (χ4v) is 4.77. The Hall–Kier alpha value is -1.10. The first-order valence-corrected chi connectivity index (χ1v) is 8.21. The lowest BCUT2D eigenvalue weighted by Crippen LogP contribution is -2.23. The summed E-state index contributed by atoms with van der Waals surface area (Å²) in [7, 11) is 0. The molecule has 2 aromatic rings. The fourth-order valence-electron chi connectivity index (χ4n) is 4.45. The highest BCUT2D eigenvalue weighted by atomic mass is 79.9. The first-order valence-electron chi connectivity index (χ1n) is 7.42. The van der Waals surface area contributed by atoms with Crippen LogP contribution >= 0.6 is 15.9 Å². The molecule has 2 aliphatic rings. The van der Waals surface area contributed by atoms with Crippen molar-refractivity contribution in [2.75, 3.05) is 5.73 Å². The number of nitrogen functional groups attached to an aromatic ring is 1. The number of nitrogens with two attached hydrogens (primary N) is 1. The Balaban J connectivity index is 1.76. The molecule has 4 nitrogen and oxygen atoms in total. The molecule has 0 amide bonds. The van der Waals surface area contributed by atoms with Crippen molar-refractivity contribution in [1.82, 2.24) is 14.5 Å². The van der Waals surface area contributed by atoms with Crippen molar-refractivity contribution in [1.29, 1.82) is 0 Å². The minimum absolute atomic E-state index is 0.393. The number of halogens is 1. The number of nitrogens with zero attached hydrogens (tertiary/aromatic N) is 3. The molecule has 4 atom stereocenters. The molecule has 2 N–H and O–H groups in total. The highest BCUT2D eigenvalue weighted by Crippen LogP contribution is 2.52. The van der Waals surface area contributed by atoms with Gasteiger partial charge in [-0.05, 0) is 65.9 Å². The van der Waals surface area contributed by atoms with Gasteiger partial charge < -0.3 is 5.73 Å². The number of anilines is 1. The molecule has 0 aromatic carbocycles. The zero-order valence-electron chi connectivity index (χ0n) is 11.6. The molecule has 20 heavy (non-hydrogen) atoms. The topological polar surface area (TPSA) is 56.7 Å². The van der Waals surface area contributed by atoms with Gasteiger partial charge in [-0.2, -0.15) is 0 Å². The number of aromatic nitrogens is 3. The van der Waals surface area contributed by atoms with E-state index in [1.807, 2.05) is 12.3 Å². The first kappa shape index (κ1) is 12.6. The molecule has 0 aliphatic heterocycles. The second kappa shape index (κ2) is 4.45. The third kappa shape index (κ3) is 1.79. The molecular weight excluding hydrogens is 316 g/mol. The number of imidazole rings is 1. The van der Waals surface area contributed by atoms with Crippen LogP contribution in [0.15, 0.2) is 16.7 Å². The average molecular weight is 335 g/mol. The molecule has 2 bridgehead atoms. The fraction of sp³-hybridized carbons (Fsp3) is 0.600. The van der Waals surface area contributed by atoms with Crippen molar-refractivity contribution in [2.45, 2.75) is 38.6 Å². The van der Waals surface area contributed by atoms with Gasteiger partial charge in [-0.1, -0.05) is 6.42 Å². The van der Waals surface area contributed by atoms with Gasteiger partial charge in [0.2, 0.25) is 5.95 Å². The summed E-state index contributed by atoms with van der Waals surface area (Å²) in [6.45, 7) is 2.28. The van der Waals surface area contributed by atoms with Gasteiger partial charge in [0.15, 0.2) is 5.65 Å². The highest BCUT2D eigenvalue weighted by Gasteiger charge is 2.42. The van der Waals surface area contributed by atoms with Crippen LogP contribution in [0.2, 0.25) is 0 Å². The van der Waals surface area contributed by atoms with Gasteiger partial charge in [0.1, 0.15) is 5.52 Å². The van der Waals surface area contributed by atoms with E-state index in [0.717, 1.165) is 33.4 Å². The summed E-state index contributed by atoms with van der Waals surface area (Å²) in [5, 5.41) is 0. The van der Waals surface area contributed by atoms with E-state index < -0.39 is 0 Å². The lowest BCUT2D eigenvalue weighted by Gasteiger charge is -2.29. The van der Waals surface area contributed by atoms with Crippen LogP contribution in [0.25, 0.3) is 11.2 Å². The quantitative estimate of drug-likeness (QED) is 0.909. The molecule has 5 heteroatoms. The maximum Gasteiger partial charge on any atom is 0.202 e. The maximum atomic E-state index is 6.17. The summed E-state index contributed by atoms with van der Waals surface area (Å²) in [4.78, 5) is 9.01. The number of hydrogen-bond acceptors (Lipinski definition) is 3. The van der Waals surface area contributed by atoms with Crippen LogP contribution in [-0.2, 0) is 0 Å². The Kier molecular flexibility index (Phi) is 2.81. The standard InChI is InChI=1S/C15H19BrN4/c1-8(12-5-9-2-3-10(12)4-9)20-14-13(19-15(20)17)6-11(16)7-18-14/h6-10,12H,2-5H2,1H3,(H2,17,19). The summed E-state index contributed by atoms with van der Waals surface area (Å²) >= 11 is 3.44. The van der Waals surface area contributed by atoms with Crippen LogP contribution < -0.4 is 5.73 Å². The number of rotatable bonds is 2. The van der Waals surface area contributed by atoms with Crippen molar-refractivity contribution in [3.8, 4) is 0 Å². The predicted octanol–water partition coefficient (Wildman–Crippen LogP) is 3.77. The van der Waals surface area contributed by atoms with Crippen molar-refractivity contribution >= 4 is 33.0 Å². The molecule has 4 unspecified atom stereocenters. The summed E-state index contributed by atoms with van der Waals surface area (Å²) in [5.74, 6) is 3.16. The minimum Gasteiger partial charge on any atom is -0.369 e. The lowest BCUT2D eigenvalue weighted by molar-refractivity contribution is 0.247. The van der Waals surface area contributed by atoms with E-state index in [0.29, 0.717) is 12.0 Å².